The number of hydrogen-bond donors (Lipinski definition) is 2. The number of aromatic carboxylic acids is 1. The number of nitrogens with zero attached hydrogens (tertiary/aromatic N) is 3. The van der Waals surface area contributed by atoms with Gasteiger partial charge in [-0.3, -0.25) is 0 Å². The molecule has 1 fully saturated rings. The van der Waals surface area contributed by atoms with E-state index in [1.807, 2.05) is 0 Å². The fourth-order valence-electron chi connectivity index (χ4n) is 2.61. The van der Waals surface area contributed by atoms with E-state index in [4.69, 9.17) is 0 Å². The number of likely N-dealkylation sites (tertiary alicyclic amines) is 1. The van der Waals surface area contributed by atoms with Gasteiger partial charge in [0.15, 0.2) is 5.82 Å². The van der Waals surface area contributed by atoms with Gasteiger partial charge in [-0.2, -0.15) is 5.10 Å². The second-order valence-electron chi connectivity index (χ2n) is 5.45. The third-order valence-corrected chi connectivity index (χ3v) is 4.10. The number of hydrogen-bond acceptors (Lipinski definition) is 5. The van der Waals surface area contributed by atoms with Gasteiger partial charge in [0.25, 0.3) is 0 Å². The Balaban J connectivity index is 2.13. The summed E-state index contributed by atoms with van der Waals surface area (Å²) in [4.78, 5) is 13.7. The predicted molar refractivity (Wildman–Crippen MR) is 77.2 cm³/mol. The molecule has 1 atom stereocenters. The molecule has 0 amide bonds. The van der Waals surface area contributed by atoms with Crippen molar-refractivity contribution >= 4 is 11.8 Å². The van der Waals surface area contributed by atoms with Crippen molar-refractivity contribution in [2.75, 3.05) is 25.5 Å². The van der Waals surface area contributed by atoms with E-state index < -0.39 is 5.97 Å². The predicted octanol–water partition coefficient (Wildman–Crippen LogP) is 1.69. The van der Waals surface area contributed by atoms with E-state index in [2.05, 4.69) is 27.5 Å². The third-order valence-electron chi connectivity index (χ3n) is 4.10. The molecule has 1 saturated heterocycles. The first-order chi connectivity index (χ1) is 9.50. The molecular formula is C14H22N4O2. The summed E-state index contributed by atoms with van der Waals surface area (Å²) in [5.41, 5.74) is 1.56. The summed E-state index contributed by atoms with van der Waals surface area (Å²) in [6, 6.07) is 0.425. The lowest BCUT2D eigenvalue weighted by molar-refractivity contribution is 0.0696. The van der Waals surface area contributed by atoms with Crippen LogP contribution in [0.15, 0.2) is 0 Å². The van der Waals surface area contributed by atoms with Crippen LogP contribution in [0.3, 0.4) is 0 Å². The number of carboxylic acid groups (broad SMARTS) is 1. The SMILES string of the molecule is Cc1nnc(NCC2CCCCN2C)c(C(=O)O)c1C. The van der Waals surface area contributed by atoms with Crippen molar-refractivity contribution in [2.24, 2.45) is 0 Å². The zero-order valence-corrected chi connectivity index (χ0v) is 12.3. The first-order valence-corrected chi connectivity index (χ1v) is 7.02. The van der Waals surface area contributed by atoms with Crippen molar-refractivity contribution in [3.63, 3.8) is 0 Å². The maximum atomic E-state index is 11.4. The van der Waals surface area contributed by atoms with E-state index in [0.717, 1.165) is 13.0 Å². The number of rotatable bonds is 4. The fraction of sp³-hybridized carbons (Fsp3) is 0.643. The minimum Gasteiger partial charge on any atom is -0.478 e. The molecule has 6 heteroatoms. The highest BCUT2D eigenvalue weighted by Gasteiger charge is 2.21. The van der Waals surface area contributed by atoms with Crippen molar-refractivity contribution < 1.29 is 9.90 Å². The van der Waals surface area contributed by atoms with Gasteiger partial charge in [-0.1, -0.05) is 6.42 Å². The van der Waals surface area contributed by atoms with Crippen LogP contribution in [0.5, 0.6) is 0 Å². The molecule has 6 nitrogen and oxygen atoms in total. The molecule has 0 aromatic carbocycles. The smallest absolute Gasteiger partial charge is 0.339 e. The third kappa shape index (κ3) is 3.07. The lowest BCUT2D eigenvalue weighted by Crippen LogP contribution is -2.41. The lowest BCUT2D eigenvalue weighted by atomic mass is 10.0. The molecule has 1 aliphatic rings. The molecule has 0 aliphatic carbocycles. The van der Waals surface area contributed by atoms with Gasteiger partial charge in [-0.25, -0.2) is 4.79 Å². The van der Waals surface area contributed by atoms with Gasteiger partial charge < -0.3 is 15.3 Å². The Kier molecular flexibility index (Phi) is 4.54. The van der Waals surface area contributed by atoms with Crippen LogP contribution in [0.1, 0.15) is 40.9 Å². The van der Waals surface area contributed by atoms with E-state index in [0.29, 0.717) is 29.7 Å². The second kappa shape index (κ2) is 6.17. The monoisotopic (exact) mass is 278 g/mol. The highest BCUT2D eigenvalue weighted by atomic mass is 16.4. The fourth-order valence-corrected chi connectivity index (χ4v) is 2.61. The molecule has 1 aromatic rings. The van der Waals surface area contributed by atoms with Gasteiger partial charge in [-0.15, -0.1) is 5.10 Å². The minimum atomic E-state index is -0.958. The highest BCUT2D eigenvalue weighted by Crippen LogP contribution is 2.20. The molecule has 1 aromatic heterocycles. The Morgan fingerprint density at radius 3 is 2.80 bits per heavy atom. The molecule has 0 spiro atoms. The molecule has 0 bridgehead atoms. The average Bonchev–Trinajstić information content (AvgIpc) is 2.41. The summed E-state index contributed by atoms with van der Waals surface area (Å²) in [6.07, 6.45) is 3.59. The van der Waals surface area contributed by atoms with Gasteiger partial charge in [0.2, 0.25) is 0 Å². The van der Waals surface area contributed by atoms with E-state index in [9.17, 15) is 9.90 Å². The minimum absolute atomic E-state index is 0.232. The van der Waals surface area contributed by atoms with Gasteiger partial charge in [0.05, 0.1) is 5.69 Å². The summed E-state index contributed by atoms with van der Waals surface area (Å²) in [5, 5.41) is 20.5. The van der Waals surface area contributed by atoms with Crippen molar-refractivity contribution in [1.29, 1.82) is 0 Å². The van der Waals surface area contributed by atoms with E-state index in [1.54, 1.807) is 13.8 Å². The number of likely N-dealkylation sites (N-methyl/N-ethyl adjacent to an activating group) is 1. The van der Waals surface area contributed by atoms with Crippen LogP contribution < -0.4 is 5.32 Å². The molecular weight excluding hydrogens is 256 g/mol. The summed E-state index contributed by atoms with van der Waals surface area (Å²) in [6.45, 7) is 5.34. The van der Waals surface area contributed by atoms with Crippen molar-refractivity contribution in [1.82, 2.24) is 15.1 Å². The van der Waals surface area contributed by atoms with Gasteiger partial charge in [0.1, 0.15) is 5.56 Å². The highest BCUT2D eigenvalue weighted by molar-refractivity contribution is 5.94. The molecule has 2 N–H and O–H groups in total. The Labute approximate surface area is 119 Å². The van der Waals surface area contributed by atoms with Crippen molar-refractivity contribution in [3.05, 3.63) is 16.8 Å². The van der Waals surface area contributed by atoms with Crippen LogP contribution in [0.4, 0.5) is 5.82 Å². The number of anilines is 1. The zero-order valence-electron chi connectivity index (χ0n) is 12.3. The standard InChI is InChI=1S/C14H22N4O2/c1-9-10(2)16-17-13(12(9)14(19)20)15-8-11-6-4-5-7-18(11)3/h11H,4-8H2,1-3H3,(H,15,17)(H,19,20). The van der Waals surface area contributed by atoms with Gasteiger partial charge in [0, 0.05) is 12.6 Å². The lowest BCUT2D eigenvalue weighted by Gasteiger charge is -2.32. The largest absolute Gasteiger partial charge is 0.478 e. The number of carboxylic acids is 1. The maximum absolute atomic E-state index is 11.4. The summed E-state index contributed by atoms with van der Waals surface area (Å²) >= 11 is 0. The number of aromatic nitrogens is 2. The van der Waals surface area contributed by atoms with Crippen LogP contribution in [-0.2, 0) is 0 Å². The van der Waals surface area contributed by atoms with Crippen LogP contribution >= 0.6 is 0 Å². The maximum Gasteiger partial charge on any atom is 0.339 e. The molecule has 0 saturated carbocycles. The topological polar surface area (TPSA) is 78.4 Å². The first-order valence-electron chi connectivity index (χ1n) is 7.02. The van der Waals surface area contributed by atoms with Crippen molar-refractivity contribution in [3.8, 4) is 0 Å². The van der Waals surface area contributed by atoms with Crippen LogP contribution in [-0.4, -0.2) is 52.4 Å². The number of carbonyl (C=O) groups is 1. The molecule has 1 aliphatic heterocycles. The summed E-state index contributed by atoms with van der Waals surface area (Å²) in [5.74, 6) is -0.584. The van der Waals surface area contributed by atoms with Crippen molar-refractivity contribution in [2.45, 2.75) is 39.2 Å². The average molecular weight is 278 g/mol. The number of piperidine rings is 1. The normalized spacial score (nSPS) is 19.9. The van der Waals surface area contributed by atoms with E-state index >= 15 is 0 Å². The van der Waals surface area contributed by atoms with Gasteiger partial charge >= 0.3 is 5.97 Å². The Hall–Kier alpha value is -1.69. The molecule has 0 radical (unpaired) electrons. The van der Waals surface area contributed by atoms with Crippen LogP contribution in [0, 0.1) is 13.8 Å². The van der Waals surface area contributed by atoms with Crippen LogP contribution in [0.2, 0.25) is 0 Å². The zero-order chi connectivity index (χ0) is 14.7. The van der Waals surface area contributed by atoms with E-state index in [-0.39, 0.29) is 5.56 Å². The number of aryl methyl sites for hydroxylation is 1. The molecule has 2 rings (SSSR count). The quantitative estimate of drug-likeness (QED) is 0.872. The van der Waals surface area contributed by atoms with Gasteiger partial charge in [-0.05, 0) is 45.8 Å². The second-order valence-corrected chi connectivity index (χ2v) is 5.45. The summed E-state index contributed by atoms with van der Waals surface area (Å²) in [7, 11) is 2.11. The summed E-state index contributed by atoms with van der Waals surface area (Å²) < 4.78 is 0. The van der Waals surface area contributed by atoms with E-state index in [1.165, 1.54) is 12.8 Å². The Bertz CT molecular complexity index is 504. The molecule has 110 valence electrons. The molecule has 2 heterocycles. The molecule has 1 unspecified atom stereocenters. The number of nitrogens with one attached hydrogen (secondary N) is 1. The van der Waals surface area contributed by atoms with Crippen LogP contribution in [0.25, 0.3) is 0 Å². The molecule has 20 heavy (non-hydrogen) atoms. The Morgan fingerprint density at radius 1 is 1.40 bits per heavy atom. The Morgan fingerprint density at radius 2 is 2.15 bits per heavy atom. The first kappa shape index (κ1) is 14.7.